The number of halogens is 2. The van der Waals surface area contributed by atoms with Crippen LogP contribution in [0.2, 0.25) is 0 Å². The highest BCUT2D eigenvalue weighted by molar-refractivity contribution is 7.90. The number of hydrogen-bond donors (Lipinski definition) is 2. The zero-order valence-electron chi connectivity index (χ0n) is 16.6. The van der Waals surface area contributed by atoms with Gasteiger partial charge in [-0.3, -0.25) is 4.79 Å². The molecule has 3 rings (SSSR count). The molecule has 1 aliphatic rings. The van der Waals surface area contributed by atoms with Crippen molar-refractivity contribution in [2.24, 2.45) is 5.92 Å². The molecular weight excluding hydrogens is 400 g/mol. The quantitative estimate of drug-likeness (QED) is 0.713. The van der Waals surface area contributed by atoms with Crippen LogP contribution in [0.4, 0.5) is 8.78 Å². The molecule has 6 nitrogen and oxygen atoms in total. The molecule has 2 aromatic rings. The number of carbonyl (C=O) groups excluding carboxylic acids is 1. The van der Waals surface area contributed by atoms with Crippen molar-refractivity contribution in [1.29, 1.82) is 0 Å². The molecule has 0 spiro atoms. The van der Waals surface area contributed by atoms with E-state index in [2.05, 4.69) is 10.0 Å². The lowest BCUT2D eigenvalue weighted by Crippen LogP contribution is -2.41. The highest BCUT2D eigenvalue weighted by Gasteiger charge is 2.24. The molecule has 0 unspecified atom stereocenters. The van der Waals surface area contributed by atoms with Gasteiger partial charge >= 0.3 is 0 Å². The predicted octanol–water partition coefficient (Wildman–Crippen LogP) is 2.92. The summed E-state index contributed by atoms with van der Waals surface area (Å²) in [5, 5.41) is 3.08. The van der Waals surface area contributed by atoms with Gasteiger partial charge in [0.05, 0.1) is 10.8 Å². The summed E-state index contributed by atoms with van der Waals surface area (Å²) in [6, 6.07) is 3.90. The van der Waals surface area contributed by atoms with Crippen LogP contribution in [0, 0.1) is 17.6 Å². The Balaban J connectivity index is 1.49. The van der Waals surface area contributed by atoms with E-state index in [-0.39, 0.29) is 24.4 Å². The van der Waals surface area contributed by atoms with Crippen molar-refractivity contribution in [3.8, 4) is 0 Å². The average molecular weight is 428 g/mol. The van der Waals surface area contributed by atoms with E-state index in [0.29, 0.717) is 17.4 Å². The maximum absolute atomic E-state index is 13.5. The standard InChI is InChI=1S/C20H27F2N3O3S/c1-13(2)29(27,28)23-11-14-3-5-16(6-4-14)24-20(26)12-25-8-7-15-9-17(21)18(22)10-19(15)25/h7-10,13-14,16,23H,3-6,11-12H2,1-2H3,(H,24,26). The van der Waals surface area contributed by atoms with Crippen LogP contribution in [0.3, 0.4) is 0 Å². The third kappa shape index (κ3) is 5.33. The number of nitrogens with zero attached hydrogens (tertiary/aromatic N) is 1. The summed E-state index contributed by atoms with van der Waals surface area (Å²) in [7, 11) is -3.26. The number of amides is 1. The zero-order chi connectivity index (χ0) is 21.2. The van der Waals surface area contributed by atoms with Gasteiger partial charge in [0.1, 0.15) is 6.54 Å². The fourth-order valence-corrected chi connectivity index (χ4v) is 4.46. The van der Waals surface area contributed by atoms with E-state index in [1.54, 1.807) is 30.7 Å². The highest BCUT2D eigenvalue weighted by Crippen LogP contribution is 2.24. The van der Waals surface area contributed by atoms with Gasteiger partial charge < -0.3 is 9.88 Å². The second-order valence-corrected chi connectivity index (χ2v) is 10.3. The summed E-state index contributed by atoms with van der Waals surface area (Å²) in [6.07, 6.45) is 4.88. The van der Waals surface area contributed by atoms with E-state index in [0.717, 1.165) is 37.8 Å². The van der Waals surface area contributed by atoms with Crippen LogP contribution in [-0.2, 0) is 21.4 Å². The molecule has 1 aliphatic carbocycles. The Labute approximate surface area is 169 Å². The van der Waals surface area contributed by atoms with Crippen molar-refractivity contribution in [3.63, 3.8) is 0 Å². The van der Waals surface area contributed by atoms with Crippen molar-refractivity contribution in [3.05, 3.63) is 36.0 Å². The number of rotatable bonds is 7. The molecule has 9 heteroatoms. The van der Waals surface area contributed by atoms with E-state index in [1.807, 2.05) is 0 Å². The number of sulfonamides is 1. The van der Waals surface area contributed by atoms with Crippen molar-refractivity contribution in [1.82, 2.24) is 14.6 Å². The minimum Gasteiger partial charge on any atom is -0.352 e. The first-order valence-corrected chi connectivity index (χ1v) is 11.4. The largest absolute Gasteiger partial charge is 0.352 e. The second kappa shape index (κ2) is 8.79. The topological polar surface area (TPSA) is 80.2 Å². The molecule has 1 heterocycles. The molecule has 0 saturated heterocycles. The predicted molar refractivity (Wildman–Crippen MR) is 108 cm³/mol. The third-order valence-corrected chi connectivity index (χ3v) is 7.34. The molecule has 0 atom stereocenters. The fraction of sp³-hybridized carbons (Fsp3) is 0.550. The minimum atomic E-state index is -3.26. The average Bonchev–Trinajstić information content (AvgIpc) is 3.03. The molecule has 160 valence electrons. The Bertz CT molecular complexity index is 980. The Hall–Kier alpha value is -2.00. The molecule has 1 amide bonds. The van der Waals surface area contributed by atoms with Gasteiger partial charge in [-0.25, -0.2) is 21.9 Å². The minimum absolute atomic E-state index is 0.0304. The summed E-state index contributed by atoms with van der Waals surface area (Å²) in [5.74, 6) is -1.77. The van der Waals surface area contributed by atoms with Crippen molar-refractivity contribution in [2.75, 3.05) is 6.54 Å². The summed E-state index contributed by atoms with van der Waals surface area (Å²) in [5.41, 5.74) is 0.472. The molecule has 1 aromatic carbocycles. The first kappa shape index (κ1) is 21.7. The van der Waals surface area contributed by atoms with E-state index >= 15 is 0 Å². The van der Waals surface area contributed by atoms with Crippen LogP contribution in [0.1, 0.15) is 39.5 Å². The summed E-state index contributed by atoms with van der Waals surface area (Å²) >= 11 is 0. The van der Waals surface area contributed by atoms with Crippen molar-refractivity contribution < 1.29 is 22.0 Å². The van der Waals surface area contributed by atoms with Crippen molar-refractivity contribution in [2.45, 2.75) is 57.4 Å². The molecule has 0 bridgehead atoms. The lowest BCUT2D eigenvalue weighted by atomic mass is 9.86. The summed E-state index contributed by atoms with van der Waals surface area (Å²) < 4.78 is 54.8. The van der Waals surface area contributed by atoms with E-state index in [9.17, 15) is 22.0 Å². The molecule has 1 fully saturated rings. The summed E-state index contributed by atoms with van der Waals surface area (Å²) in [6.45, 7) is 3.75. The Morgan fingerprint density at radius 2 is 1.83 bits per heavy atom. The van der Waals surface area contributed by atoms with Gasteiger partial charge in [-0.15, -0.1) is 0 Å². The first-order valence-electron chi connectivity index (χ1n) is 9.87. The Morgan fingerprint density at radius 3 is 2.48 bits per heavy atom. The third-order valence-electron chi connectivity index (χ3n) is 5.53. The maximum Gasteiger partial charge on any atom is 0.240 e. The van der Waals surface area contributed by atoms with E-state index in [1.165, 1.54) is 0 Å². The van der Waals surface area contributed by atoms with Gasteiger partial charge in [-0.2, -0.15) is 0 Å². The van der Waals surface area contributed by atoms with E-state index in [4.69, 9.17) is 0 Å². The van der Waals surface area contributed by atoms with Crippen LogP contribution >= 0.6 is 0 Å². The van der Waals surface area contributed by atoms with E-state index < -0.39 is 26.9 Å². The van der Waals surface area contributed by atoms with Gasteiger partial charge in [-0.1, -0.05) is 0 Å². The smallest absolute Gasteiger partial charge is 0.240 e. The summed E-state index contributed by atoms with van der Waals surface area (Å²) in [4.78, 5) is 12.4. The number of carbonyl (C=O) groups is 1. The van der Waals surface area contributed by atoms with Crippen LogP contribution in [0.15, 0.2) is 24.4 Å². The number of nitrogens with one attached hydrogen (secondary N) is 2. The van der Waals surface area contributed by atoms with Crippen LogP contribution in [0.5, 0.6) is 0 Å². The molecular formula is C20H27F2N3O3S. The van der Waals surface area contributed by atoms with Gasteiger partial charge in [0, 0.05) is 30.2 Å². The van der Waals surface area contributed by atoms with Crippen molar-refractivity contribution >= 4 is 26.8 Å². The molecule has 2 N–H and O–H groups in total. The maximum atomic E-state index is 13.5. The normalized spacial score (nSPS) is 20.3. The lowest BCUT2D eigenvalue weighted by Gasteiger charge is -2.29. The lowest BCUT2D eigenvalue weighted by molar-refractivity contribution is -0.122. The molecule has 1 saturated carbocycles. The fourth-order valence-electron chi connectivity index (χ4n) is 3.66. The second-order valence-electron chi connectivity index (χ2n) is 8.00. The highest BCUT2D eigenvalue weighted by atomic mass is 32.2. The Morgan fingerprint density at radius 1 is 1.17 bits per heavy atom. The first-order chi connectivity index (χ1) is 13.7. The Kier molecular flexibility index (Phi) is 6.58. The monoisotopic (exact) mass is 427 g/mol. The molecule has 0 radical (unpaired) electrons. The SMILES string of the molecule is CC(C)S(=O)(=O)NCC1CCC(NC(=O)Cn2ccc3cc(F)c(F)cc32)CC1. The molecule has 1 aromatic heterocycles. The van der Waals surface area contributed by atoms with Crippen LogP contribution < -0.4 is 10.0 Å². The number of aromatic nitrogens is 1. The van der Waals surface area contributed by atoms with Gasteiger partial charge in [0.15, 0.2) is 11.6 Å². The molecule has 0 aliphatic heterocycles. The molecule has 29 heavy (non-hydrogen) atoms. The number of hydrogen-bond acceptors (Lipinski definition) is 3. The number of benzene rings is 1. The van der Waals surface area contributed by atoms with Crippen LogP contribution in [0.25, 0.3) is 10.9 Å². The number of fused-ring (bicyclic) bond motifs is 1. The zero-order valence-corrected chi connectivity index (χ0v) is 17.4. The van der Waals surface area contributed by atoms with Crippen LogP contribution in [-0.4, -0.2) is 36.7 Å². The van der Waals surface area contributed by atoms with Gasteiger partial charge in [-0.05, 0) is 57.6 Å². The van der Waals surface area contributed by atoms with Gasteiger partial charge in [0.2, 0.25) is 15.9 Å². The van der Waals surface area contributed by atoms with Gasteiger partial charge in [0.25, 0.3) is 0 Å².